The van der Waals surface area contributed by atoms with E-state index in [1.807, 2.05) is 12.1 Å². The molecule has 1 aromatic rings. The van der Waals surface area contributed by atoms with Crippen molar-refractivity contribution in [2.45, 2.75) is 39.2 Å². The molecule has 0 radical (unpaired) electrons. The highest BCUT2D eigenvalue weighted by Gasteiger charge is 2.14. The van der Waals surface area contributed by atoms with Crippen molar-refractivity contribution in [2.75, 3.05) is 0 Å². The molecular formula is C11H17ClOS. The van der Waals surface area contributed by atoms with Crippen LogP contribution in [0.15, 0.2) is 12.1 Å². The maximum atomic E-state index is 9.88. The molecule has 0 amide bonds. The molecule has 0 bridgehead atoms. The lowest BCUT2D eigenvalue weighted by Crippen LogP contribution is -2.19. The molecule has 0 saturated carbocycles. The molecule has 1 aromatic heterocycles. The molecule has 0 fully saturated rings. The van der Waals surface area contributed by atoms with Gasteiger partial charge in [0.25, 0.3) is 0 Å². The number of rotatable bonds is 5. The average molecular weight is 233 g/mol. The van der Waals surface area contributed by atoms with E-state index in [-0.39, 0.29) is 6.10 Å². The Morgan fingerprint density at radius 2 is 2.21 bits per heavy atom. The molecule has 2 atom stereocenters. The van der Waals surface area contributed by atoms with Crippen molar-refractivity contribution in [3.05, 3.63) is 21.3 Å². The van der Waals surface area contributed by atoms with Crippen LogP contribution >= 0.6 is 22.9 Å². The standard InChI is InChI=1S/C11H17ClOS/c1-3-4-8(2)10(13)7-9-5-6-11(12)14-9/h5-6,8,10,13H,3-4,7H2,1-2H3. The average Bonchev–Trinajstić information content (AvgIpc) is 2.51. The van der Waals surface area contributed by atoms with Crippen molar-refractivity contribution in [2.24, 2.45) is 5.92 Å². The van der Waals surface area contributed by atoms with E-state index in [2.05, 4.69) is 13.8 Å². The summed E-state index contributed by atoms with van der Waals surface area (Å²) in [6.45, 7) is 4.24. The summed E-state index contributed by atoms with van der Waals surface area (Å²) < 4.78 is 0.801. The normalized spacial score (nSPS) is 15.4. The zero-order valence-electron chi connectivity index (χ0n) is 8.66. The number of hydrogen-bond donors (Lipinski definition) is 1. The minimum Gasteiger partial charge on any atom is -0.392 e. The van der Waals surface area contributed by atoms with Crippen LogP contribution in [0.5, 0.6) is 0 Å². The predicted molar refractivity (Wildman–Crippen MR) is 63.1 cm³/mol. The van der Waals surface area contributed by atoms with E-state index in [4.69, 9.17) is 11.6 Å². The Kier molecular flexibility index (Phi) is 4.93. The van der Waals surface area contributed by atoms with Gasteiger partial charge in [-0.1, -0.05) is 31.9 Å². The van der Waals surface area contributed by atoms with Gasteiger partial charge in [0.1, 0.15) is 0 Å². The quantitative estimate of drug-likeness (QED) is 0.820. The van der Waals surface area contributed by atoms with E-state index < -0.39 is 0 Å². The number of thiophene rings is 1. The summed E-state index contributed by atoms with van der Waals surface area (Å²) in [5.74, 6) is 0.376. The van der Waals surface area contributed by atoms with Crippen molar-refractivity contribution in [3.63, 3.8) is 0 Å². The van der Waals surface area contributed by atoms with Gasteiger partial charge in [-0.25, -0.2) is 0 Å². The molecule has 1 nitrogen and oxygen atoms in total. The first-order chi connectivity index (χ1) is 6.63. The van der Waals surface area contributed by atoms with Crippen molar-refractivity contribution in [1.29, 1.82) is 0 Å². The Hall–Kier alpha value is -0.0500. The monoisotopic (exact) mass is 232 g/mol. The molecule has 1 rings (SSSR count). The van der Waals surface area contributed by atoms with E-state index in [0.717, 1.165) is 23.6 Å². The van der Waals surface area contributed by atoms with Crippen LogP contribution in [0.1, 0.15) is 31.6 Å². The molecule has 1 N–H and O–H groups in total. The second-order valence-electron chi connectivity index (χ2n) is 3.74. The van der Waals surface area contributed by atoms with Crippen LogP contribution in [-0.4, -0.2) is 11.2 Å². The lowest BCUT2D eigenvalue weighted by atomic mass is 9.97. The van der Waals surface area contributed by atoms with Crippen LogP contribution in [-0.2, 0) is 6.42 Å². The first-order valence-electron chi connectivity index (χ1n) is 5.05. The van der Waals surface area contributed by atoms with Crippen LogP contribution in [0.2, 0.25) is 4.34 Å². The van der Waals surface area contributed by atoms with Gasteiger partial charge in [0.05, 0.1) is 10.4 Å². The predicted octanol–water partition coefficient (Wildman–Crippen LogP) is 3.74. The van der Waals surface area contributed by atoms with Crippen molar-refractivity contribution in [3.8, 4) is 0 Å². The van der Waals surface area contributed by atoms with Gasteiger partial charge in [0, 0.05) is 11.3 Å². The van der Waals surface area contributed by atoms with Gasteiger partial charge >= 0.3 is 0 Å². The Morgan fingerprint density at radius 1 is 1.50 bits per heavy atom. The Labute approximate surface area is 94.7 Å². The zero-order chi connectivity index (χ0) is 10.6. The van der Waals surface area contributed by atoms with E-state index in [9.17, 15) is 5.11 Å². The van der Waals surface area contributed by atoms with Gasteiger partial charge in [0.2, 0.25) is 0 Å². The smallest absolute Gasteiger partial charge is 0.0931 e. The molecule has 1 heterocycles. The fraction of sp³-hybridized carbons (Fsp3) is 0.636. The molecule has 0 aromatic carbocycles. The highest BCUT2D eigenvalue weighted by Crippen LogP contribution is 2.24. The number of halogens is 1. The minimum atomic E-state index is -0.232. The van der Waals surface area contributed by atoms with Gasteiger partial charge in [-0.05, 0) is 24.5 Å². The summed E-state index contributed by atoms with van der Waals surface area (Å²) in [6, 6.07) is 3.88. The van der Waals surface area contributed by atoms with Crippen molar-refractivity contribution in [1.82, 2.24) is 0 Å². The highest BCUT2D eigenvalue weighted by atomic mass is 35.5. The van der Waals surface area contributed by atoms with Crippen LogP contribution in [0.3, 0.4) is 0 Å². The van der Waals surface area contributed by atoms with Gasteiger partial charge < -0.3 is 5.11 Å². The third kappa shape index (κ3) is 3.60. The Balaban J connectivity index is 2.43. The molecule has 0 saturated heterocycles. The minimum absolute atomic E-state index is 0.232. The van der Waals surface area contributed by atoms with Gasteiger partial charge in [-0.3, -0.25) is 0 Å². The van der Waals surface area contributed by atoms with E-state index in [0.29, 0.717) is 5.92 Å². The largest absolute Gasteiger partial charge is 0.392 e. The summed E-state index contributed by atoms with van der Waals surface area (Å²) in [7, 11) is 0. The molecule has 0 spiro atoms. The zero-order valence-corrected chi connectivity index (χ0v) is 10.2. The SMILES string of the molecule is CCCC(C)C(O)Cc1ccc(Cl)s1. The van der Waals surface area contributed by atoms with Gasteiger partial charge in [0.15, 0.2) is 0 Å². The maximum Gasteiger partial charge on any atom is 0.0931 e. The van der Waals surface area contributed by atoms with Crippen LogP contribution < -0.4 is 0 Å². The second kappa shape index (κ2) is 5.74. The highest BCUT2D eigenvalue weighted by molar-refractivity contribution is 7.16. The number of aliphatic hydroxyl groups excluding tert-OH is 1. The van der Waals surface area contributed by atoms with Crippen molar-refractivity contribution < 1.29 is 5.11 Å². The molecule has 14 heavy (non-hydrogen) atoms. The molecule has 80 valence electrons. The van der Waals surface area contributed by atoms with Crippen molar-refractivity contribution >= 4 is 22.9 Å². The second-order valence-corrected chi connectivity index (χ2v) is 5.54. The fourth-order valence-corrected chi connectivity index (χ4v) is 2.65. The third-order valence-corrected chi connectivity index (χ3v) is 3.69. The molecule has 0 aliphatic heterocycles. The summed E-state index contributed by atoms with van der Waals surface area (Å²) in [5, 5.41) is 9.88. The molecule has 0 aliphatic carbocycles. The van der Waals surface area contributed by atoms with Crippen LogP contribution in [0.25, 0.3) is 0 Å². The Morgan fingerprint density at radius 3 is 2.71 bits per heavy atom. The van der Waals surface area contributed by atoms with E-state index in [1.54, 1.807) is 11.3 Å². The molecule has 2 unspecified atom stereocenters. The first-order valence-corrected chi connectivity index (χ1v) is 6.25. The summed E-state index contributed by atoms with van der Waals surface area (Å²) in [6.07, 6.45) is 2.71. The third-order valence-electron chi connectivity index (χ3n) is 2.44. The Bertz CT molecular complexity index is 272. The summed E-state index contributed by atoms with van der Waals surface area (Å²) >= 11 is 7.38. The number of hydrogen-bond acceptors (Lipinski definition) is 2. The summed E-state index contributed by atoms with van der Waals surface area (Å²) in [5.41, 5.74) is 0. The van der Waals surface area contributed by atoms with Crippen LogP contribution in [0.4, 0.5) is 0 Å². The molecule has 3 heteroatoms. The molecular weight excluding hydrogens is 216 g/mol. The lowest BCUT2D eigenvalue weighted by Gasteiger charge is -2.17. The van der Waals surface area contributed by atoms with Gasteiger partial charge in [-0.2, -0.15) is 0 Å². The van der Waals surface area contributed by atoms with Crippen LogP contribution in [0, 0.1) is 5.92 Å². The topological polar surface area (TPSA) is 20.2 Å². The van der Waals surface area contributed by atoms with E-state index in [1.165, 1.54) is 4.88 Å². The first kappa shape index (κ1) is 12.0. The van der Waals surface area contributed by atoms with Gasteiger partial charge in [-0.15, -0.1) is 11.3 Å². The molecule has 0 aliphatic rings. The summed E-state index contributed by atoms with van der Waals surface area (Å²) in [4.78, 5) is 1.17. The fourth-order valence-electron chi connectivity index (χ4n) is 1.52. The van der Waals surface area contributed by atoms with E-state index >= 15 is 0 Å². The number of aliphatic hydroxyl groups is 1. The maximum absolute atomic E-state index is 9.88. The lowest BCUT2D eigenvalue weighted by molar-refractivity contribution is 0.112.